The van der Waals surface area contributed by atoms with E-state index >= 15 is 0 Å². The standard InChI is InChI=1S/C15H13Cl3F3N/c16-9-6-12(17)14(13(18)7-9)10-5-8(3-4-22)1-2-11(10)15(19,20)21/h1-2,5-7,12,14H,3-4,22H2. The summed E-state index contributed by atoms with van der Waals surface area (Å²) in [6.07, 6.45) is -1.12. The predicted octanol–water partition coefficient (Wildman–Crippen LogP) is 5.16. The number of allylic oxidation sites excluding steroid dienone is 4. The van der Waals surface area contributed by atoms with Crippen molar-refractivity contribution in [2.45, 2.75) is 23.9 Å². The van der Waals surface area contributed by atoms with Crippen LogP contribution in [0, 0.1) is 0 Å². The molecular formula is C15H13Cl3F3N. The van der Waals surface area contributed by atoms with Crippen LogP contribution >= 0.6 is 34.8 Å². The smallest absolute Gasteiger partial charge is 0.330 e. The lowest BCUT2D eigenvalue weighted by Crippen LogP contribution is -2.20. The van der Waals surface area contributed by atoms with Crippen molar-refractivity contribution in [2.75, 3.05) is 6.54 Å². The van der Waals surface area contributed by atoms with Gasteiger partial charge in [-0.3, -0.25) is 0 Å². The van der Waals surface area contributed by atoms with E-state index in [-0.39, 0.29) is 10.6 Å². The summed E-state index contributed by atoms with van der Waals surface area (Å²) in [7, 11) is 0. The van der Waals surface area contributed by atoms with Gasteiger partial charge in [0.15, 0.2) is 0 Å². The lowest BCUT2D eigenvalue weighted by Gasteiger charge is -2.27. The topological polar surface area (TPSA) is 26.0 Å². The van der Waals surface area contributed by atoms with Crippen molar-refractivity contribution in [3.8, 4) is 0 Å². The molecule has 1 aromatic rings. The molecule has 2 N–H and O–H groups in total. The number of nitrogens with two attached hydrogens (primary N) is 1. The quantitative estimate of drug-likeness (QED) is 0.731. The lowest BCUT2D eigenvalue weighted by atomic mass is 9.86. The molecule has 0 saturated carbocycles. The van der Waals surface area contributed by atoms with E-state index in [0.29, 0.717) is 23.6 Å². The second-order valence-corrected chi connectivity index (χ2v) is 6.34. The first-order valence-electron chi connectivity index (χ1n) is 6.52. The number of benzene rings is 1. The molecule has 1 nitrogen and oxygen atoms in total. The molecule has 2 unspecified atom stereocenters. The molecule has 22 heavy (non-hydrogen) atoms. The Morgan fingerprint density at radius 2 is 1.86 bits per heavy atom. The zero-order valence-corrected chi connectivity index (χ0v) is 13.6. The van der Waals surface area contributed by atoms with E-state index < -0.39 is 23.0 Å². The first-order valence-corrected chi connectivity index (χ1v) is 7.72. The van der Waals surface area contributed by atoms with Gasteiger partial charge in [-0.05, 0) is 42.3 Å². The second kappa shape index (κ2) is 6.83. The van der Waals surface area contributed by atoms with Crippen LogP contribution in [0.25, 0.3) is 0 Å². The molecule has 2 rings (SSSR count). The fourth-order valence-corrected chi connectivity index (χ4v) is 3.66. The van der Waals surface area contributed by atoms with E-state index in [1.807, 2.05) is 0 Å². The minimum atomic E-state index is -4.49. The molecule has 0 aliphatic heterocycles. The Hall–Kier alpha value is -0.680. The Morgan fingerprint density at radius 3 is 2.41 bits per heavy atom. The lowest BCUT2D eigenvalue weighted by molar-refractivity contribution is -0.138. The Balaban J connectivity index is 2.56. The Bertz CT molecular complexity index is 623. The summed E-state index contributed by atoms with van der Waals surface area (Å²) in [6.45, 7) is 0.342. The molecule has 0 amide bonds. The first kappa shape index (κ1) is 17.7. The van der Waals surface area contributed by atoms with Gasteiger partial charge in [0, 0.05) is 16.0 Å². The molecule has 1 aliphatic carbocycles. The van der Waals surface area contributed by atoms with Crippen molar-refractivity contribution in [1.82, 2.24) is 0 Å². The Kier molecular flexibility index (Phi) is 5.49. The highest BCUT2D eigenvalue weighted by molar-refractivity contribution is 6.37. The Morgan fingerprint density at radius 1 is 1.18 bits per heavy atom. The highest BCUT2D eigenvalue weighted by atomic mass is 35.5. The summed E-state index contributed by atoms with van der Waals surface area (Å²) in [5, 5.41) is -0.255. The van der Waals surface area contributed by atoms with Crippen LogP contribution in [0.5, 0.6) is 0 Å². The van der Waals surface area contributed by atoms with Gasteiger partial charge in [0.1, 0.15) is 0 Å². The van der Waals surface area contributed by atoms with Gasteiger partial charge in [-0.15, -0.1) is 11.6 Å². The molecule has 7 heteroatoms. The fraction of sp³-hybridized carbons (Fsp3) is 0.333. The molecule has 2 atom stereocenters. The van der Waals surface area contributed by atoms with Crippen molar-refractivity contribution in [3.63, 3.8) is 0 Å². The van der Waals surface area contributed by atoms with Crippen LogP contribution in [0.15, 0.2) is 40.4 Å². The molecule has 120 valence electrons. The highest BCUT2D eigenvalue weighted by Crippen LogP contribution is 2.44. The predicted molar refractivity (Wildman–Crippen MR) is 84.5 cm³/mol. The van der Waals surface area contributed by atoms with E-state index in [1.54, 1.807) is 0 Å². The van der Waals surface area contributed by atoms with E-state index in [1.165, 1.54) is 24.3 Å². The van der Waals surface area contributed by atoms with Crippen LogP contribution in [-0.2, 0) is 12.6 Å². The van der Waals surface area contributed by atoms with Gasteiger partial charge >= 0.3 is 6.18 Å². The fourth-order valence-electron chi connectivity index (χ4n) is 2.44. The minimum Gasteiger partial charge on any atom is -0.330 e. The van der Waals surface area contributed by atoms with Gasteiger partial charge in [0.2, 0.25) is 0 Å². The van der Waals surface area contributed by atoms with Gasteiger partial charge in [-0.1, -0.05) is 35.3 Å². The number of halogens is 6. The molecule has 1 aliphatic rings. The summed E-state index contributed by atoms with van der Waals surface area (Å²) in [4.78, 5) is 0. The molecule has 0 spiro atoms. The van der Waals surface area contributed by atoms with Crippen LogP contribution in [0.1, 0.15) is 22.6 Å². The third-order valence-corrected chi connectivity index (χ3v) is 4.36. The molecule has 0 heterocycles. The summed E-state index contributed by atoms with van der Waals surface area (Å²) in [6, 6.07) is 3.94. The average molecular weight is 371 g/mol. The summed E-state index contributed by atoms with van der Waals surface area (Å²) in [5.41, 5.74) is 5.47. The molecule has 0 radical (unpaired) electrons. The van der Waals surface area contributed by atoms with Crippen LogP contribution < -0.4 is 5.73 Å². The summed E-state index contributed by atoms with van der Waals surface area (Å²) in [5.74, 6) is -0.791. The van der Waals surface area contributed by atoms with Crippen LogP contribution in [0.2, 0.25) is 0 Å². The third-order valence-electron chi connectivity index (χ3n) is 3.40. The zero-order valence-electron chi connectivity index (χ0n) is 11.3. The summed E-state index contributed by atoms with van der Waals surface area (Å²) < 4.78 is 39.8. The number of hydrogen-bond donors (Lipinski definition) is 1. The van der Waals surface area contributed by atoms with Crippen molar-refractivity contribution in [3.05, 3.63) is 57.1 Å². The van der Waals surface area contributed by atoms with Crippen molar-refractivity contribution in [1.29, 1.82) is 0 Å². The van der Waals surface area contributed by atoms with E-state index in [0.717, 1.165) is 6.07 Å². The SMILES string of the molecule is NCCc1ccc(C(F)(F)F)c(C2C(Cl)=CC(Cl)=CC2Cl)c1. The number of alkyl halides is 4. The van der Waals surface area contributed by atoms with Crippen LogP contribution in [-0.4, -0.2) is 11.9 Å². The molecule has 0 aromatic heterocycles. The number of hydrogen-bond acceptors (Lipinski definition) is 1. The maximum Gasteiger partial charge on any atom is 0.416 e. The molecule has 0 fully saturated rings. The van der Waals surface area contributed by atoms with E-state index in [2.05, 4.69) is 0 Å². The van der Waals surface area contributed by atoms with Gasteiger partial charge in [0.05, 0.1) is 10.9 Å². The van der Waals surface area contributed by atoms with Gasteiger partial charge in [0.25, 0.3) is 0 Å². The average Bonchev–Trinajstić information content (AvgIpc) is 2.36. The maximum absolute atomic E-state index is 13.3. The van der Waals surface area contributed by atoms with E-state index in [4.69, 9.17) is 40.5 Å². The largest absolute Gasteiger partial charge is 0.416 e. The van der Waals surface area contributed by atoms with Crippen molar-refractivity contribution in [2.24, 2.45) is 5.73 Å². The zero-order chi connectivity index (χ0) is 16.5. The molecule has 1 aromatic carbocycles. The second-order valence-electron chi connectivity index (χ2n) is 4.96. The minimum absolute atomic E-state index is 0.0418. The molecule has 0 bridgehead atoms. The first-order chi connectivity index (χ1) is 10.2. The highest BCUT2D eigenvalue weighted by Gasteiger charge is 2.38. The van der Waals surface area contributed by atoms with Gasteiger partial charge in [-0.25, -0.2) is 0 Å². The van der Waals surface area contributed by atoms with Crippen LogP contribution in [0.3, 0.4) is 0 Å². The maximum atomic E-state index is 13.3. The van der Waals surface area contributed by atoms with Crippen LogP contribution in [0.4, 0.5) is 13.2 Å². The number of rotatable bonds is 3. The van der Waals surface area contributed by atoms with Gasteiger partial charge < -0.3 is 5.73 Å². The van der Waals surface area contributed by atoms with Crippen molar-refractivity contribution < 1.29 is 13.2 Å². The Labute approximate surface area is 141 Å². The summed E-state index contributed by atoms with van der Waals surface area (Å²) >= 11 is 18.1. The molecular weight excluding hydrogens is 358 g/mol. The third kappa shape index (κ3) is 3.80. The van der Waals surface area contributed by atoms with Gasteiger partial charge in [-0.2, -0.15) is 13.2 Å². The monoisotopic (exact) mass is 369 g/mol. The normalized spacial score (nSPS) is 22.3. The van der Waals surface area contributed by atoms with Crippen molar-refractivity contribution >= 4 is 34.8 Å². The van der Waals surface area contributed by atoms with E-state index in [9.17, 15) is 13.2 Å². The molecule has 0 saturated heterocycles.